The van der Waals surface area contributed by atoms with Crippen LogP contribution in [-0.4, -0.2) is 29.8 Å². The van der Waals surface area contributed by atoms with Crippen LogP contribution in [-0.2, 0) is 9.53 Å². The minimum Gasteiger partial charge on any atom is -0.479 e. The molecule has 0 heterocycles. The molecule has 0 radical (unpaired) electrons. The van der Waals surface area contributed by atoms with E-state index in [-0.39, 0.29) is 0 Å². The normalized spacial score (nSPS) is 11.8. The summed E-state index contributed by atoms with van der Waals surface area (Å²) in [4.78, 5) is 21.1. The number of unbranched alkanes of at least 4 members (excludes halogenated alkanes) is 1. The number of hydrogen-bond acceptors (Lipinski definition) is 3. The number of hydrogen-bond donors (Lipinski definition) is 2. The summed E-state index contributed by atoms with van der Waals surface area (Å²) in [6, 6.07) is 0. The van der Waals surface area contributed by atoms with Crippen molar-refractivity contribution in [2.24, 2.45) is 0 Å². The van der Waals surface area contributed by atoms with Gasteiger partial charge in [-0.3, -0.25) is 0 Å². The van der Waals surface area contributed by atoms with Crippen LogP contribution in [0.5, 0.6) is 0 Å². The first kappa shape index (κ1) is 11.7. The number of amides is 1. The first-order chi connectivity index (χ1) is 6.07. The van der Waals surface area contributed by atoms with Gasteiger partial charge in [-0.1, -0.05) is 13.3 Å². The molecule has 1 amide bonds. The fraction of sp³-hybridized carbons (Fsp3) is 0.750. The topological polar surface area (TPSA) is 75.6 Å². The highest BCUT2D eigenvalue weighted by Gasteiger charge is 2.15. The second kappa shape index (κ2) is 6.28. The lowest BCUT2D eigenvalue weighted by Gasteiger charge is -2.09. The van der Waals surface area contributed by atoms with Crippen LogP contribution in [0.15, 0.2) is 0 Å². The van der Waals surface area contributed by atoms with Gasteiger partial charge in [0.2, 0.25) is 0 Å². The summed E-state index contributed by atoms with van der Waals surface area (Å²) in [7, 11) is 0. The Balaban J connectivity index is 3.56. The summed E-state index contributed by atoms with van der Waals surface area (Å²) in [5.41, 5.74) is 0. The van der Waals surface area contributed by atoms with Crippen molar-refractivity contribution in [2.75, 3.05) is 6.54 Å². The van der Waals surface area contributed by atoms with Crippen LogP contribution in [0, 0.1) is 0 Å². The zero-order chi connectivity index (χ0) is 10.3. The lowest BCUT2D eigenvalue weighted by atomic mass is 10.3. The molecule has 13 heavy (non-hydrogen) atoms. The summed E-state index contributed by atoms with van der Waals surface area (Å²) >= 11 is 0. The standard InChI is InChI=1S/C8H15NO4/c1-3-4-5-9-8(12)13-6(2)7(10)11/h6H,3-5H2,1-2H3,(H,9,12)(H,10,11). The van der Waals surface area contributed by atoms with E-state index in [0.29, 0.717) is 6.54 Å². The van der Waals surface area contributed by atoms with Crippen molar-refractivity contribution in [3.05, 3.63) is 0 Å². The van der Waals surface area contributed by atoms with E-state index in [0.717, 1.165) is 12.8 Å². The summed E-state index contributed by atoms with van der Waals surface area (Å²) in [5, 5.41) is 10.8. The Hall–Kier alpha value is -1.26. The maximum absolute atomic E-state index is 10.8. The van der Waals surface area contributed by atoms with Gasteiger partial charge in [0.1, 0.15) is 0 Å². The number of ether oxygens (including phenoxy) is 1. The molecule has 0 aromatic carbocycles. The lowest BCUT2D eigenvalue weighted by Crippen LogP contribution is -2.31. The molecule has 5 nitrogen and oxygen atoms in total. The molecular formula is C8H15NO4. The van der Waals surface area contributed by atoms with E-state index in [2.05, 4.69) is 10.1 Å². The smallest absolute Gasteiger partial charge is 0.407 e. The van der Waals surface area contributed by atoms with Crippen molar-refractivity contribution in [1.82, 2.24) is 5.32 Å². The van der Waals surface area contributed by atoms with E-state index < -0.39 is 18.2 Å². The summed E-state index contributed by atoms with van der Waals surface area (Å²) in [6.45, 7) is 3.82. The minimum atomic E-state index is -1.15. The van der Waals surface area contributed by atoms with Gasteiger partial charge >= 0.3 is 12.1 Å². The number of nitrogens with one attached hydrogen (secondary N) is 1. The maximum Gasteiger partial charge on any atom is 0.407 e. The van der Waals surface area contributed by atoms with E-state index in [1.165, 1.54) is 6.92 Å². The van der Waals surface area contributed by atoms with Gasteiger partial charge in [0.05, 0.1) is 0 Å². The molecule has 0 saturated heterocycles. The number of carbonyl (C=O) groups excluding carboxylic acids is 1. The highest BCUT2D eigenvalue weighted by Crippen LogP contribution is 1.91. The van der Waals surface area contributed by atoms with E-state index in [9.17, 15) is 9.59 Å². The SMILES string of the molecule is CCCCNC(=O)OC(C)C(=O)O. The van der Waals surface area contributed by atoms with Gasteiger partial charge in [-0.15, -0.1) is 0 Å². The summed E-state index contributed by atoms with van der Waals surface area (Å²) in [6.07, 6.45) is 0.0515. The first-order valence-electron chi connectivity index (χ1n) is 4.25. The van der Waals surface area contributed by atoms with Crippen molar-refractivity contribution in [2.45, 2.75) is 32.8 Å². The second-order valence-corrected chi connectivity index (χ2v) is 2.67. The molecule has 5 heteroatoms. The van der Waals surface area contributed by atoms with Gasteiger partial charge in [0.25, 0.3) is 0 Å². The van der Waals surface area contributed by atoms with Crippen molar-refractivity contribution >= 4 is 12.1 Å². The van der Waals surface area contributed by atoms with Crippen LogP contribution in [0.1, 0.15) is 26.7 Å². The van der Waals surface area contributed by atoms with Crippen molar-refractivity contribution in [3.63, 3.8) is 0 Å². The molecule has 0 aliphatic rings. The van der Waals surface area contributed by atoms with Crippen LogP contribution < -0.4 is 5.32 Å². The fourth-order valence-corrected chi connectivity index (χ4v) is 0.620. The quantitative estimate of drug-likeness (QED) is 0.632. The van der Waals surface area contributed by atoms with Gasteiger partial charge in [0, 0.05) is 6.54 Å². The highest BCUT2D eigenvalue weighted by molar-refractivity contribution is 5.76. The Morgan fingerprint density at radius 2 is 2.15 bits per heavy atom. The van der Waals surface area contributed by atoms with E-state index in [4.69, 9.17) is 5.11 Å². The number of alkyl carbamates (subject to hydrolysis) is 1. The van der Waals surface area contributed by atoms with Gasteiger partial charge < -0.3 is 15.2 Å². The Morgan fingerprint density at radius 3 is 2.62 bits per heavy atom. The Labute approximate surface area is 77.1 Å². The molecule has 0 fully saturated rings. The minimum absolute atomic E-state index is 0.516. The molecule has 1 atom stereocenters. The third kappa shape index (κ3) is 5.95. The fourth-order valence-electron chi connectivity index (χ4n) is 0.620. The van der Waals surface area contributed by atoms with E-state index in [1.54, 1.807) is 0 Å². The molecule has 0 bridgehead atoms. The van der Waals surface area contributed by atoms with Crippen LogP contribution in [0.25, 0.3) is 0 Å². The molecule has 1 unspecified atom stereocenters. The number of aliphatic carboxylic acids is 1. The third-order valence-electron chi connectivity index (χ3n) is 1.43. The molecule has 76 valence electrons. The number of rotatable bonds is 5. The maximum atomic E-state index is 10.8. The van der Waals surface area contributed by atoms with Crippen LogP contribution in [0.4, 0.5) is 4.79 Å². The monoisotopic (exact) mass is 189 g/mol. The van der Waals surface area contributed by atoms with Gasteiger partial charge in [0.15, 0.2) is 6.10 Å². The molecule has 0 aromatic heterocycles. The van der Waals surface area contributed by atoms with Gasteiger partial charge in [-0.25, -0.2) is 9.59 Å². The number of carboxylic acids is 1. The zero-order valence-corrected chi connectivity index (χ0v) is 7.87. The Morgan fingerprint density at radius 1 is 1.54 bits per heavy atom. The summed E-state index contributed by atoms with van der Waals surface area (Å²) in [5.74, 6) is -1.15. The van der Waals surface area contributed by atoms with E-state index in [1.807, 2.05) is 6.92 Å². The number of carboxylic acid groups (broad SMARTS) is 1. The van der Waals surface area contributed by atoms with E-state index >= 15 is 0 Å². The molecule has 0 spiro atoms. The highest BCUT2D eigenvalue weighted by atomic mass is 16.6. The lowest BCUT2D eigenvalue weighted by molar-refractivity contribution is -0.145. The molecule has 0 saturated carbocycles. The molecular weight excluding hydrogens is 174 g/mol. The molecule has 0 rings (SSSR count). The van der Waals surface area contributed by atoms with Crippen molar-refractivity contribution in [3.8, 4) is 0 Å². The average Bonchev–Trinajstić information content (AvgIpc) is 2.04. The molecule has 2 N–H and O–H groups in total. The number of carbonyl (C=O) groups is 2. The van der Waals surface area contributed by atoms with Crippen LogP contribution in [0.3, 0.4) is 0 Å². The summed E-state index contributed by atoms with van der Waals surface area (Å²) < 4.78 is 4.51. The van der Waals surface area contributed by atoms with Crippen molar-refractivity contribution in [1.29, 1.82) is 0 Å². The second-order valence-electron chi connectivity index (χ2n) is 2.67. The molecule has 0 aliphatic heterocycles. The first-order valence-corrected chi connectivity index (χ1v) is 4.25. The molecule has 0 aromatic rings. The third-order valence-corrected chi connectivity index (χ3v) is 1.43. The van der Waals surface area contributed by atoms with Crippen molar-refractivity contribution < 1.29 is 19.4 Å². The predicted octanol–water partition coefficient (Wildman–Crippen LogP) is 0.986. The van der Waals surface area contributed by atoms with Crippen LogP contribution in [0.2, 0.25) is 0 Å². The van der Waals surface area contributed by atoms with Crippen LogP contribution >= 0.6 is 0 Å². The Kier molecular flexibility index (Phi) is 5.67. The Bertz CT molecular complexity index is 181. The average molecular weight is 189 g/mol. The predicted molar refractivity (Wildman–Crippen MR) is 46.5 cm³/mol. The largest absolute Gasteiger partial charge is 0.479 e. The van der Waals surface area contributed by atoms with Gasteiger partial charge in [-0.05, 0) is 13.3 Å². The van der Waals surface area contributed by atoms with Gasteiger partial charge in [-0.2, -0.15) is 0 Å². The zero-order valence-electron chi connectivity index (χ0n) is 7.87. The molecule has 0 aliphatic carbocycles.